The Balaban J connectivity index is 1.79. The van der Waals surface area contributed by atoms with Crippen LogP contribution in [0.25, 0.3) is 0 Å². The Kier molecular flexibility index (Phi) is 6.74. The van der Waals surface area contributed by atoms with Crippen molar-refractivity contribution in [2.24, 2.45) is 0 Å². The molecule has 0 spiro atoms. The van der Waals surface area contributed by atoms with Crippen molar-refractivity contribution in [2.45, 2.75) is 17.9 Å². The summed E-state index contributed by atoms with van der Waals surface area (Å²) in [4.78, 5) is 19.2. The van der Waals surface area contributed by atoms with Gasteiger partial charge in [0.2, 0.25) is 5.91 Å². The Morgan fingerprint density at radius 3 is 2.78 bits per heavy atom. The SMILES string of the molecule is CN(C)c1ncccc1CNC(=O)CCSc1ccccc1Cl. The number of pyridine rings is 1. The Bertz CT molecular complexity index is 664. The molecule has 0 aliphatic rings. The largest absolute Gasteiger partial charge is 0.362 e. The van der Waals surface area contributed by atoms with Crippen LogP contribution in [0.15, 0.2) is 47.5 Å². The standard InChI is InChI=1S/C17H20ClN3OS/c1-21(2)17-13(6-5-10-19-17)12-20-16(22)9-11-23-15-8-4-3-7-14(15)18/h3-8,10H,9,11-12H2,1-2H3,(H,20,22). The van der Waals surface area contributed by atoms with Crippen LogP contribution in [-0.2, 0) is 11.3 Å². The maximum absolute atomic E-state index is 12.0. The number of anilines is 1. The maximum atomic E-state index is 12.0. The second-order valence-electron chi connectivity index (χ2n) is 5.19. The molecule has 0 bridgehead atoms. The van der Waals surface area contributed by atoms with E-state index in [2.05, 4.69) is 10.3 Å². The Morgan fingerprint density at radius 1 is 1.26 bits per heavy atom. The van der Waals surface area contributed by atoms with Crippen LogP contribution < -0.4 is 10.2 Å². The predicted octanol–water partition coefficient (Wildman–Crippen LogP) is 3.60. The zero-order valence-corrected chi connectivity index (χ0v) is 14.8. The molecule has 0 aliphatic carbocycles. The number of halogens is 1. The zero-order chi connectivity index (χ0) is 16.7. The highest BCUT2D eigenvalue weighted by Crippen LogP contribution is 2.26. The molecule has 0 aliphatic heterocycles. The summed E-state index contributed by atoms with van der Waals surface area (Å²) in [5.41, 5.74) is 1.00. The third-order valence-corrected chi connectivity index (χ3v) is 4.71. The van der Waals surface area contributed by atoms with E-state index in [1.807, 2.05) is 55.4 Å². The average Bonchev–Trinajstić information content (AvgIpc) is 2.55. The lowest BCUT2D eigenvalue weighted by atomic mass is 10.2. The summed E-state index contributed by atoms with van der Waals surface area (Å²) < 4.78 is 0. The van der Waals surface area contributed by atoms with Gasteiger partial charge in [0.25, 0.3) is 0 Å². The van der Waals surface area contributed by atoms with Gasteiger partial charge in [0.1, 0.15) is 5.82 Å². The quantitative estimate of drug-likeness (QED) is 0.776. The van der Waals surface area contributed by atoms with E-state index < -0.39 is 0 Å². The first-order chi connectivity index (χ1) is 11.1. The molecule has 6 heteroatoms. The minimum atomic E-state index is 0.0260. The molecule has 1 heterocycles. The summed E-state index contributed by atoms with van der Waals surface area (Å²) in [6.45, 7) is 0.483. The van der Waals surface area contributed by atoms with Gasteiger partial charge in [0, 0.05) is 49.5 Å². The smallest absolute Gasteiger partial charge is 0.221 e. The fraction of sp³-hybridized carbons (Fsp3) is 0.294. The first-order valence-electron chi connectivity index (χ1n) is 7.33. The Morgan fingerprint density at radius 2 is 2.04 bits per heavy atom. The van der Waals surface area contributed by atoms with Gasteiger partial charge in [-0.1, -0.05) is 29.8 Å². The van der Waals surface area contributed by atoms with Crippen molar-refractivity contribution in [3.63, 3.8) is 0 Å². The summed E-state index contributed by atoms with van der Waals surface area (Å²) >= 11 is 7.69. The average molecular weight is 350 g/mol. The molecule has 4 nitrogen and oxygen atoms in total. The van der Waals surface area contributed by atoms with Crippen molar-refractivity contribution in [3.05, 3.63) is 53.2 Å². The highest BCUT2D eigenvalue weighted by molar-refractivity contribution is 7.99. The third kappa shape index (κ3) is 5.44. The van der Waals surface area contributed by atoms with Crippen LogP contribution in [0.4, 0.5) is 5.82 Å². The lowest BCUT2D eigenvalue weighted by molar-refractivity contribution is -0.120. The fourth-order valence-corrected chi connectivity index (χ4v) is 3.26. The van der Waals surface area contributed by atoms with Gasteiger partial charge in [-0.2, -0.15) is 0 Å². The third-order valence-electron chi connectivity index (χ3n) is 3.19. The normalized spacial score (nSPS) is 10.4. The van der Waals surface area contributed by atoms with Crippen LogP contribution in [0, 0.1) is 0 Å². The highest BCUT2D eigenvalue weighted by atomic mass is 35.5. The molecule has 0 radical (unpaired) electrons. The summed E-state index contributed by atoms with van der Waals surface area (Å²) in [6.07, 6.45) is 2.20. The van der Waals surface area contributed by atoms with Crippen molar-refractivity contribution in [2.75, 3.05) is 24.7 Å². The van der Waals surface area contributed by atoms with E-state index in [1.54, 1.807) is 18.0 Å². The molecule has 1 aromatic heterocycles. The van der Waals surface area contributed by atoms with Crippen LogP contribution in [0.3, 0.4) is 0 Å². The van der Waals surface area contributed by atoms with Gasteiger partial charge in [0.05, 0.1) is 5.02 Å². The van der Waals surface area contributed by atoms with Crippen molar-refractivity contribution in [1.82, 2.24) is 10.3 Å². The van der Waals surface area contributed by atoms with E-state index in [0.717, 1.165) is 21.3 Å². The number of thioether (sulfide) groups is 1. The number of nitrogens with one attached hydrogen (secondary N) is 1. The van der Waals surface area contributed by atoms with Crippen LogP contribution in [-0.4, -0.2) is 30.7 Å². The second-order valence-corrected chi connectivity index (χ2v) is 6.73. The molecule has 1 amide bonds. The molecule has 23 heavy (non-hydrogen) atoms. The molecule has 0 fully saturated rings. The van der Waals surface area contributed by atoms with Gasteiger partial charge in [-0.3, -0.25) is 4.79 Å². The first-order valence-corrected chi connectivity index (χ1v) is 8.69. The lowest BCUT2D eigenvalue weighted by Gasteiger charge is -2.16. The number of carbonyl (C=O) groups is 1. The van der Waals surface area contributed by atoms with Crippen molar-refractivity contribution >= 4 is 35.1 Å². The van der Waals surface area contributed by atoms with Crippen LogP contribution in [0.5, 0.6) is 0 Å². The van der Waals surface area contributed by atoms with Crippen LogP contribution in [0.2, 0.25) is 5.02 Å². The lowest BCUT2D eigenvalue weighted by Crippen LogP contribution is -2.24. The minimum Gasteiger partial charge on any atom is -0.362 e. The molecule has 0 atom stereocenters. The van der Waals surface area contributed by atoms with Crippen molar-refractivity contribution in [1.29, 1.82) is 0 Å². The number of rotatable bonds is 7. The van der Waals surface area contributed by atoms with Gasteiger partial charge < -0.3 is 10.2 Å². The molecule has 0 saturated heterocycles. The van der Waals surface area contributed by atoms with E-state index in [0.29, 0.717) is 18.7 Å². The van der Waals surface area contributed by atoms with Crippen molar-refractivity contribution in [3.8, 4) is 0 Å². The number of amides is 1. The van der Waals surface area contributed by atoms with Gasteiger partial charge >= 0.3 is 0 Å². The number of nitrogens with zero attached hydrogens (tertiary/aromatic N) is 2. The van der Waals surface area contributed by atoms with Crippen LogP contribution in [0.1, 0.15) is 12.0 Å². The van der Waals surface area contributed by atoms with Crippen molar-refractivity contribution < 1.29 is 4.79 Å². The Hall–Kier alpha value is -1.72. The van der Waals surface area contributed by atoms with E-state index >= 15 is 0 Å². The summed E-state index contributed by atoms with van der Waals surface area (Å²) in [6, 6.07) is 11.5. The molecule has 0 saturated carbocycles. The topological polar surface area (TPSA) is 45.2 Å². The molecule has 0 unspecified atom stereocenters. The van der Waals surface area contributed by atoms with Gasteiger partial charge in [0.15, 0.2) is 0 Å². The number of aromatic nitrogens is 1. The highest BCUT2D eigenvalue weighted by Gasteiger charge is 2.08. The second kappa shape index (κ2) is 8.79. The fourth-order valence-electron chi connectivity index (χ4n) is 2.07. The molecule has 2 aromatic rings. The monoisotopic (exact) mass is 349 g/mol. The molecular formula is C17H20ClN3OS. The molecule has 2 rings (SSSR count). The molecular weight excluding hydrogens is 330 g/mol. The molecule has 1 N–H and O–H groups in total. The maximum Gasteiger partial charge on any atom is 0.221 e. The first kappa shape index (κ1) is 17.6. The summed E-state index contributed by atoms with van der Waals surface area (Å²) in [7, 11) is 3.88. The van der Waals surface area contributed by atoms with Gasteiger partial charge in [-0.15, -0.1) is 11.8 Å². The number of hydrogen-bond donors (Lipinski definition) is 1. The minimum absolute atomic E-state index is 0.0260. The predicted molar refractivity (Wildman–Crippen MR) is 97.2 cm³/mol. The van der Waals surface area contributed by atoms with Gasteiger partial charge in [-0.05, 0) is 18.2 Å². The summed E-state index contributed by atoms with van der Waals surface area (Å²) in [5.74, 6) is 1.60. The van der Waals surface area contributed by atoms with Crippen LogP contribution >= 0.6 is 23.4 Å². The Labute approximate surface area is 146 Å². The van der Waals surface area contributed by atoms with E-state index in [1.165, 1.54) is 0 Å². The zero-order valence-electron chi connectivity index (χ0n) is 13.3. The number of carbonyl (C=O) groups excluding carboxylic acids is 1. The molecule has 1 aromatic carbocycles. The van der Waals surface area contributed by atoms with E-state index in [4.69, 9.17) is 11.6 Å². The number of benzene rings is 1. The van der Waals surface area contributed by atoms with Gasteiger partial charge in [-0.25, -0.2) is 4.98 Å². The van der Waals surface area contributed by atoms with E-state index in [9.17, 15) is 4.79 Å². The van der Waals surface area contributed by atoms with E-state index in [-0.39, 0.29) is 5.91 Å². The number of hydrogen-bond acceptors (Lipinski definition) is 4. The summed E-state index contributed by atoms with van der Waals surface area (Å²) in [5, 5.41) is 3.67. The molecule has 122 valence electrons.